The number of ether oxygens (including phenoxy) is 3. The summed E-state index contributed by atoms with van der Waals surface area (Å²) in [4.78, 5) is 31.9. The number of hydrogen-bond acceptors (Lipinski definition) is 6. The lowest BCUT2D eigenvalue weighted by Crippen LogP contribution is -2.64. The van der Waals surface area contributed by atoms with E-state index in [2.05, 4.69) is 56.4 Å². The molecule has 2 aliphatic heterocycles. The van der Waals surface area contributed by atoms with Gasteiger partial charge in [-0.1, -0.05) is 49.4 Å². The maximum atomic E-state index is 14.3. The Kier molecular flexibility index (Phi) is 7.14. The molecule has 1 spiro atoms. The van der Waals surface area contributed by atoms with Crippen LogP contribution in [0, 0.1) is 16.2 Å². The van der Waals surface area contributed by atoms with Gasteiger partial charge >= 0.3 is 6.09 Å². The van der Waals surface area contributed by atoms with Crippen molar-refractivity contribution in [1.29, 1.82) is 0 Å². The van der Waals surface area contributed by atoms with Gasteiger partial charge < -0.3 is 23.5 Å². The molecule has 0 N–H and O–H groups in total. The van der Waals surface area contributed by atoms with Gasteiger partial charge in [0, 0.05) is 23.4 Å². The molecule has 7 rings (SSSR count). The highest BCUT2D eigenvalue weighted by Gasteiger charge is 2.67. The molecule has 2 atom stereocenters. The molecule has 10 heteroatoms. The lowest BCUT2D eigenvalue weighted by Gasteiger charge is -2.70. The van der Waals surface area contributed by atoms with Gasteiger partial charge in [-0.05, 0) is 73.6 Å². The predicted octanol–water partition coefficient (Wildman–Crippen LogP) is 7.12. The summed E-state index contributed by atoms with van der Waals surface area (Å²) >= 11 is 3.66. The molecule has 4 saturated carbocycles. The molecule has 2 bridgehead atoms. The van der Waals surface area contributed by atoms with Gasteiger partial charge in [-0.2, -0.15) is 0 Å². The number of alkyl halides is 1. The number of anilines is 1. The van der Waals surface area contributed by atoms with Crippen LogP contribution in [0.3, 0.4) is 0 Å². The van der Waals surface area contributed by atoms with Gasteiger partial charge in [-0.3, -0.25) is 4.79 Å². The zero-order chi connectivity index (χ0) is 30.3. The van der Waals surface area contributed by atoms with Crippen LogP contribution >= 0.6 is 15.9 Å². The number of halogens is 1. The van der Waals surface area contributed by atoms with Crippen LogP contribution in [0.25, 0.3) is 0 Å². The number of carbonyl (C=O) groups excluding carboxylic acids is 2. The zero-order valence-electron chi connectivity index (χ0n) is 25.9. The van der Waals surface area contributed by atoms with E-state index in [9.17, 15) is 9.59 Å². The van der Waals surface area contributed by atoms with Crippen molar-refractivity contribution in [3.05, 3.63) is 30.4 Å². The van der Waals surface area contributed by atoms with Gasteiger partial charge in [-0.15, -0.1) is 0 Å². The van der Waals surface area contributed by atoms with E-state index in [1.807, 2.05) is 4.90 Å². The molecule has 8 nitrogen and oxygen atoms in total. The minimum atomic E-state index is -2.40. The topological polar surface area (TPSA) is 77.5 Å². The smallest absolute Gasteiger partial charge is 0.416 e. The fraction of sp³-hybridized carbons (Fsp3) is 0.688. The van der Waals surface area contributed by atoms with Crippen LogP contribution in [0.15, 0.2) is 24.8 Å². The Morgan fingerprint density at radius 3 is 2.43 bits per heavy atom. The first-order valence-electron chi connectivity index (χ1n) is 15.2. The molecule has 5 fully saturated rings. The molecule has 6 aliphatic rings. The Morgan fingerprint density at radius 1 is 1.17 bits per heavy atom. The molecule has 230 valence electrons. The first-order chi connectivity index (χ1) is 19.7. The second-order valence-corrected chi connectivity index (χ2v) is 20.5. The second kappa shape index (κ2) is 9.99. The molecule has 4 aliphatic carbocycles. The fourth-order valence-electron chi connectivity index (χ4n) is 7.54. The van der Waals surface area contributed by atoms with E-state index in [0.717, 1.165) is 43.9 Å². The van der Waals surface area contributed by atoms with Crippen LogP contribution in [-0.2, 0) is 9.16 Å². The first-order valence-corrected chi connectivity index (χ1v) is 19.2. The van der Waals surface area contributed by atoms with Gasteiger partial charge in [-0.25, -0.2) is 9.69 Å². The maximum Gasteiger partial charge on any atom is 0.416 e. The van der Waals surface area contributed by atoms with Crippen LogP contribution in [0.5, 0.6) is 11.5 Å². The van der Waals surface area contributed by atoms with E-state index < -0.39 is 20.6 Å². The van der Waals surface area contributed by atoms with E-state index in [1.54, 1.807) is 30.2 Å². The maximum absolute atomic E-state index is 14.3. The highest BCUT2D eigenvalue weighted by molar-refractivity contribution is 9.09. The minimum Gasteiger partial charge on any atom is -0.493 e. The highest BCUT2D eigenvalue weighted by Crippen LogP contribution is 2.73. The standard InChI is InChI=1S/C32H45BrN2O6Si/c1-8-11-39-28(37)35-22-13-25(40-20-32-15-31(16-32,17-32)18-33)24(38-5)12-21(22)26(36)34-19-30(9-10-30)14-23(34)27(35)41-42(6,7)29(2,3)4/h8,12-13,23,27H,1,9-11,14-20H2,2-7H3/t23-,27-,31?,32?/m0/s1. The second-order valence-electron chi connectivity index (χ2n) is 15.2. The average molecular weight is 662 g/mol. The molecule has 0 unspecified atom stereocenters. The Hall–Kier alpha value is -2.04. The molecule has 42 heavy (non-hydrogen) atoms. The number of rotatable bonds is 9. The zero-order valence-corrected chi connectivity index (χ0v) is 28.5. The third-order valence-corrected chi connectivity index (χ3v) is 16.6. The summed E-state index contributed by atoms with van der Waals surface area (Å²) in [6, 6.07) is 3.26. The molecule has 0 aromatic heterocycles. The van der Waals surface area contributed by atoms with Crippen molar-refractivity contribution in [2.24, 2.45) is 16.2 Å². The molecule has 1 aromatic rings. The number of methoxy groups -OCH3 is 1. The summed E-state index contributed by atoms with van der Waals surface area (Å²) in [7, 11) is -0.813. The summed E-state index contributed by atoms with van der Waals surface area (Å²) < 4.78 is 25.0. The van der Waals surface area contributed by atoms with E-state index in [-0.39, 0.29) is 34.4 Å². The van der Waals surface area contributed by atoms with Crippen molar-refractivity contribution in [2.75, 3.05) is 37.1 Å². The van der Waals surface area contributed by atoms with Gasteiger partial charge in [0.1, 0.15) is 6.61 Å². The van der Waals surface area contributed by atoms with Crippen LogP contribution in [0.1, 0.15) is 69.7 Å². The average Bonchev–Trinajstić information content (AvgIpc) is 3.55. The Labute approximate surface area is 259 Å². The Bertz CT molecular complexity index is 1280. The number of hydrogen-bond donors (Lipinski definition) is 0. The number of amides is 2. The van der Waals surface area contributed by atoms with E-state index >= 15 is 0 Å². The van der Waals surface area contributed by atoms with Gasteiger partial charge in [0.05, 0.1) is 31.0 Å². The summed E-state index contributed by atoms with van der Waals surface area (Å²) in [5.41, 5.74) is 1.58. The molecule has 2 heterocycles. The van der Waals surface area contributed by atoms with Crippen molar-refractivity contribution in [3.8, 4) is 11.5 Å². The monoisotopic (exact) mass is 660 g/mol. The third-order valence-electron chi connectivity index (χ3n) is 10.9. The third kappa shape index (κ3) is 4.80. The highest BCUT2D eigenvalue weighted by atomic mass is 79.9. The summed E-state index contributed by atoms with van der Waals surface area (Å²) in [6.07, 6.45) is 6.73. The van der Waals surface area contributed by atoms with Gasteiger partial charge in [0.15, 0.2) is 26.0 Å². The van der Waals surface area contributed by atoms with Gasteiger partial charge in [0.25, 0.3) is 5.91 Å². The summed E-state index contributed by atoms with van der Waals surface area (Å²) in [5.74, 6) is 0.907. The largest absolute Gasteiger partial charge is 0.493 e. The van der Waals surface area contributed by atoms with Crippen LogP contribution in [0.4, 0.5) is 10.5 Å². The molecule has 0 radical (unpaired) electrons. The van der Waals surface area contributed by atoms with E-state index in [1.165, 1.54) is 0 Å². The lowest BCUT2D eigenvalue weighted by atomic mass is 9.36. The normalized spacial score (nSPS) is 30.5. The van der Waals surface area contributed by atoms with Crippen molar-refractivity contribution in [2.45, 2.75) is 89.7 Å². The number of benzene rings is 1. The van der Waals surface area contributed by atoms with E-state index in [0.29, 0.717) is 41.3 Å². The van der Waals surface area contributed by atoms with Crippen LogP contribution < -0.4 is 14.4 Å². The molecule has 1 aromatic carbocycles. The van der Waals surface area contributed by atoms with E-state index in [4.69, 9.17) is 18.6 Å². The lowest BCUT2D eigenvalue weighted by molar-refractivity contribution is -0.202. The van der Waals surface area contributed by atoms with Gasteiger partial charge in [0.2, 0.25) is 0 Å². The first kappa shape index (κ1) is 30.0. The molecule has 2 amide bonds. The SMILES string of the molecule is C=CCOC(=O)N1c2cc(OCC34CC(CBr)(C3)C4)c(OC)cc2C(=O)N2CC3(CC3)C[C@H]2[C@@H]1O[Si](C)(C)C(C)(C)C. The Morgan fingerprint density at radius 2 is 1.86 bits per heavy atom. The predicted molar refractivity (Wildman–Crippen MR) is 168 cm³/mol. The molecular formula is C32H45BrN2O6Si. The Balaban J connectivity index is 1.43. The van der Waals surface area contributed by atoms with Crippen molar-refractivity contribution >= 4 is 41.9 Å². The number of nitrogens with zero attached hydrogens (tertiary/aromatic N) is 2. The fourth-order valence-corrected chi connectivity index (χ4v) is 9.35. The van der Waals surface area contributed by atoms with Crippen molar-refractivity contribution in [3.63, 3.8) is 0 Å². The number of carbonyl (C=O) groups is 2. The summed E-state index contributed by atoms with van der Waals surface area (Å²) in [6.45, 7) is 16.0. The molecular weight excluding hydrogens is 616 g/mol. The van der Waals surface area contributed by atoms with Crippen molar-refractivity contribution < 1.29 is 28.2 Å². The van der Waals surface area contributed by atoms with Crippen LogP contribution in [-0.4, -0.2) is 69.7 Å². The quantitative estimate of drug-likeness (QED) is 0.159. The molecule has 1 saturated heterocycles. The summed E-state index contributed by atoms with van der Waals surface area (Å²) in [5, 5.41) is 0.926. The van der Waals surface area contributed by atoms with Crippen LogP contribution in [0.2, 0.25) is 18.1 Å². The minimum absolute atomic E-state index is 0.0566. The van der Waals surface area contributed by atoms with Crippen molar-refractivity contribution in [1.82, 2.24) is 4.90 Å². The number of fused-ring (bicyclic) bond motifs is 2.